The van der Waals surface area contributed by atoms with E-state index in [1.165, 1.54) is 6.20 Å². The molecule has 0 aliphatic carbocycles. The van der Waals surface area contributed by atoms with Crippen molar-refractivity contribution in [3.05, 3.63) is 24.5 Å². The van der Waals surface area contributed by atoms with Gasteiger partial charge >= 0.3 is 11.8 Å². The van der Waals surface area contributed by atoms with Crippen LogP contribution in [0.15, 0.2) is 24.5 Å². The SMILES string of the molecule is O=C(Nc1cccnc1)C(=O)NC1CCS(=O)(=O)C1. The lowest BCUT2D eigenvalue weighted by Crippen LogP contribution is -2.42. The van der Waals surface area contributed by atoms with Crippen molar-refractivity contribution in [3.8, 4) is 0 Å². The fourth-order valence-electron chi connectivity index (χ4n) is 1.78. The summed E-state index contributed by atoms with van der Waals surface area (Å²) in [5, 5.41) is 4.78. The van der Waals surface area contributed by atoms with Crippen LogP contribution in [-0.4, -0.2) is 42.8 Å². The van der Waals surface area contributed by atoms with Gasteiger partial charge in [-0.1, -0.05) is 0 Å². The quantitative estimate of drug-likeness (QED) is 0.700. The molecule has 0 spiro atoms. The predicted molar refractivity (Wildman–Crippen MR) is 68.1 cm³/mol. The molecule has 19 heavy (non-hydrogen) atoms. The lowest BCUT2D eigenvalue weighted by atomic mass is 10.2. The Labute approximate surface area is 110 Å². The number of sulfone groups is 1. The summed E-state index contributed by atoms with van der Waals surface area (Å²) in [5.41, 5.74) is 0.404. The van der Waals surface area contributed by atoms with E-state index < -0.39 is 27.7 Å². The van der Waals surface area contributed by atoms with Crippen LogP contribution >= 0.6 is 0 Å². The summed E-state index contributed by atoms with van der Waals surface area (Å²) in [4.78, 5) is 26.9. The minimum absolute atomic E-state index is 0.0438. The maximum absolute atomic E-state index is 11.6. The van der Waals surface area contributed by atoms with Crippen molar-refractivity contribution in [3.63, 3.8) is 0 Å². The van der Waals surface area contributed by atoms with Crippen LogP contribution in [0, 0.1) is 0 Å². The largest absolute Gasteiger partial charge is 0.344 e. The number of anilines is 1. The topological polar surface area (TPSA) is 105 Å². The lowest BCUT2D eigenvalue weighted by molar-refractivity contribution is -0.136. The van der Waals surface area contributed by atoms with E-state index in [0.717, 1.165) is 0 Å². The molecular formula is C11H13N3O4S. The minimum Gasteiger partial charge on any atom is -0.344 e. The molecule has 0 aromatic carbocycles. The van der Waals surface area contributed by atoms with Gasteiger partial charge in [-0.05, 0) is 18.6 Å². The Hall–Kier alpha value is -1.96. The molecule has 2 amide bonds. The van der Waals surface area contributed by atoms with Crippen molar-refractivity contribution in [2.24, 2.45) is 0 Å². The molecule has 1 aliphatic heterocycles. The molecule has 1 aliphatic rings. The molecule has 0 radical (unpaired) electrons. The first kappa shape index (κ1) is 13.5. The van der Waals surface area contributed by atoms with Gasteiger partial charge in [-0.15, -0.1) is 0 Å². The zero-order valence-electron chi connectivity index (χ0n) is 10.00. The van der Waals surface area contributed by atoms with Crippen LogP contribution in [0.4, 0.5) is 5.69 Å². The average molecular weight is 283 g/mol. The van der Waals surface area contributed by atoms with Gasteiger partial charge in [0.25, 0.3) is 0 Å². The van der Waals surface area contributed by atoms with Crippen LogP contribution in [0.1, 0.15) is 6.42 Å². The number of carbonyl (C=O) groups excluding carboxylic acids is 2. The third-order valence-corrected chi connectivity index (χ3v) is 4.46. The number of hydrogen-bond acceptors (Lipinski definition) is 5. The van der Waals surface area contributed by atoms with Gasteiger partial charge in [-0.3, -0.25) is 14.6 Å². The van der Waals surface area contributed by atoms with E-state index in [-0.39, 0.29) is 11.5 Å². The number of aromatic nitrogens is 1. The van der Waals surface area contributed by atoms with Crippen LogP contribution in [0.5, 0.6) is 0 Å². The number of amides is 2. The second kappa shape index (κ2) is 5.35. The number of nitrogens with one attached hydrogen (secondary N) is 2. The van der Waals surface area contributed by atoms with E-state index in [1.54, 1.807) is 18.3 Å². The highest BCUT2D eigenvalue weighted by molar-refractivity contribution is 7.91. The summed E-state index contributed by atoms with van der Waals surface area (Å²) >= 11 is 0. The fraction of sp³-hybridized carbons (Fsp3) is 0.364. The van der Waals surface area contributed by atoms with Crippen molar-refractivity contribution in [2.75, 3.05) is 16.8 Å². The van der Waals surface area contributed by atoms with E-state index in [1.807, 2.05) is 0 Å². The zero-order chi connectivity index (χ0) is 13.9. The highest BCUT2D eigenvalue weighted by Gasteiger charge is 2.30. The van der Waals surface area contributed by atoms with Crippen molar-refractivity contribution >= 4 is 27.3 Å². The predicted octanol–water partition coefficient (Wildman–Crippen LogP) is -0.677. The van der Waals surface area contributed by atoms with E-state index >= 15 is 0 Å². The number of pyridine rings is 1. The molecule has 2 heterocycles. The van der Waals surface area contributed by atoms with Gasteiger partial charge in [0, 0.05) is 12.2 Å². The molecule has 1 saturated heterocycles. The molecule has 7 nitrogen and oxygen atoms in total. The van der Waals surface area contributed by atoms with Gasteiger partial charge in [0.1, 0.15) is 0 Å². The lowest BCUT2D eigenvalue weighted by Gasteiger charge is -2.10. The molecule has 2 rings (SSSR count). The molecular weight excluding hydrogens is 270 g/mol. The van der Waals surface area contributed by atoms with Gasteiger partial charge in [0.2, 0.25) is 0 Å². The van der Waals surface area contributed by atoms with Gasteiger partial charge < -0.3 is 10.6 Å². The first-order chi connectivity index (χ1) is 8.96. The van der Waals surface area contributed by atoms with Crippen LogP contribution in [0.2, 0.25) is 0 Å². The number of rotatable bonds is 2. The molecule has 0 bridgehead atoms. The van der Waals surface area contributed by atoms with E-state index in [4.69, 9.17) is 0 Å². The number of carbonyl (C=O) groups is 2. The maximum Gasteiger partial charge on any atom is 0.313 e. The van der Waals surface area contributed by atoms with Crippen LogP contribution < -0.4 is 10.6 Å². The van der Waals surface area contributed by atoms with Gasteiger partial charge in [-0.25, -0.2) is 8.42 Å². The van der Waals surface area contributed by atoms with Gasteiger partial charge in [-0.2, -0.15) is 0 Å². The van der Waals surface area contributed by atoms with Crippen molar-refractivity contribution < 1.29 is 18.0 Å². The minimum atomic E-state index is -3.08. The first-order valence-electron chi connectivity index (χ1n) is 5.68. The Bertz CT molecular complexity index is 585. The molecule has 1 aromatic heterocycles. The summed E-state index contributed by atoms with van der Waals surface area (Å²) in [7, 11) is -3.08. The Balaban J connectivity index is 1.88. The zero-order valence-corrected chi connectivity index (χ0v) is 10.8. The Morgan fingerprint density at radius 2 is 2.11 bits per heavy atom. The third kappa shape index (κ3) is 3.75. The summed E-state index contributed by atoms with van der Waals surface area (Å²) in [6.07, 6.45) is 3.29. The normalized spacial score (nSPS) is 20.7. The van der Waals surface area contributed by atoms with Crippen LogP contribution in [0.3, 0.4) is 0 Å². The van der Waals surface area contributed by atoms with Crippen LogP contribution in [-0.2, 0) is 19.4 Å². The monoisotopic (exact) mass is 283 g/mol. The van der Waals surface area contributed by atoms with Crippen molar-refractivity contribution in [2.45, 2.75) is 12.5 Å². The van der Waals surface area contributed by atoms with Crippen molar-refractivity contribution in [1.29, 1.82) is 0 Å². The Morgan fingerprint density at radius 1 is 1.32 bits per heavy atom. The first-order valence-corrected chi connectivity index (χ1v) is 7.51. The van der Waals surface area contributed by atoms with E-state index in [0.29, 0.717) is 12.1 Å². The van der Waals surface area contributed by atoms with E-state index in [9.17, 15) is 18.0 Å². The Kier molecular flexibility index (Phi) is 3.79. The molecule has 102 valence electrons. The standard InChI is InChI=1S/C11H13N3O4S/c15-10(13-8-2-1-4-12-6-8)11(16)14-9-3-5-19(17,18)7-9/h1-2,4,6,9H,3,5,7H2,(H,13,15)(H,14,16). The summed E-state index contributed by atoms with van der Waals surface area (Å²) < 4.78 is 22.4. The Morgan fingerprint density at radius 3 is 2.68 bits per heavy atom. The molecule has 0 saturated carbocycles. The summed E-state index contributed by atoms with van der Waals surface area (Å²) in [6.45, 7) is 0. The molecule has 8 heteroatoms. The summed E-state index contributed by atoms with van der Waals surface area (Å²) in [5.74, 6) is -1.75. The smallest absolute Gasteiger partial charge is 0.313 e. The third-order valence-electron chi connectivity index (χ3n) is 2.69. The highest BCUT2D eigenvalue weighted by Crippen LogP contribution is 2.11. The van der Waals surface area contributed by atoms with Gasteiger partial charge in [0.15, 0.2) is 9.84 Å². The number of nitrogens with zero attached hydrogens (tertiary/aromatic N) is 1. The molecule has 1 atom stereocenters. The fourth-order valence-corrected chi connectivity index (χ4v) is 3.46. The van der Waals surface area contributed by atoms with Crippen molar-refractivity contribution in [1.82, 2.24) is 10.3 Å². The second-order valence-electron chi connectivity index (χ2n) is 4.27. The molecule has 2 N–H and O–H groups in total. The average Bonchev–Trinajstić information content (AvgIpc) is 2.70. The molecule has 1 aromatic rings. The highest BCUT2D eigenvalue weighted by atomic mass is 32.2. The number of hydrogen-bond donors (Lipinski definition) is 2. The van der Waals surface area contributed by atoms with E-state index in [2.05, 4.69) is 15.6 Å². The maximum atomic E-state index is 11.6. The molecule has 1 unspecified atom stereocenters. The van der Waals surface area contributed by atoms with Crippen LogP contribution in [0.25, 0.3) is 0 Å². The summed E-state index contributed by atoms with van der Waals surface area (Å²) in [6, 6.07) is 2.73. The molecule has 1 fully saturated rings. The second-order valence-corrected chi connectivity index (χ2v) is 6.50. The van der Waals surface area contributed by atoms with Gasteiger partial charge in [0.05, 0.1) is 23.4 Å².